The Kier molecular flexibility index (Phi) is 4.75. The van der Waals surface area contributed by atoms with Gasteiger partial charge in [0, 0.05) is 6.08 Å². The second-order valence-electron chi connectivity index (χ2n) is 4.18. The SMILES string of the molecule is C=CCC(C)C[C@@H](NC(=O)O)C1C=CC(=O)O1. The predicted molar refractivity (Wildman–Crippen MR) is 62.6 cm³/mol. The van der Waals surface area contributed by atoms with Gasteiger partial charge >= 0.3 is 12.1 Å². The van der Waals surface area contributed by atoms with Gasteiger partial charge in [0.25, 0.3) is 0 Å². The van der Waals surface area contributed by atoms with Crippen LogP contribution in [0.4, 0.5) is 4.79 Å². The topological polar surface area (TPSA) is 75.6 Å². The number of carbonyl (C=O) groups excluding carboxylic acids is 1. The van der Waals surface area contributed by atoms with E-state index in [4.69, 9.17) is 9.84 Å². The molecule has 1 aliphatic rings. The maximum Gasteiger partial charge on any atom is 0.405 e. The van der Waals surface area contributed by atoms with Gasteiger partial charge in [0.05, 0.1) is 6.04 Å². The zero-order valence-electron chi connectivity index (χ0n) is 9.76. The number of hydrogen-bond donors (Lipinski definition) is 2. The van der Waals surface area contributed by atoms with Crippen LogP contribution in [0.15, 0.2) is 24.8 Å². The van der Waals surface area contributed by atoms with Gasteiger partial charge in [-0.25, -0.2) is 9.59 Å². The van der Waals surface area contributed by atoms with Crippen LogP contribution in [0.25, 0.3) is 0 Å². The molecule has 0 fully saturated rings. The largest absolute Gasteiger partial charge is 0.465 e. The van der Waals surface area contributed by atoms with E-state index in [1.165, 1.54) is 6.08 Å². The van der Waals surface area contributed by atoms with E-state index in [2.05, 4.69) is 11.9 Å². The third kappa shape index (κ3) is 4.30. The first-order valence-electron chi connectivity index (χ1n) is 5.52. The molecule has 0 saturated carbocycles. The molecule has 2 unspecified atom stereocenters. The molecular formula is C12H17NO4. The van der Waals surface area contributed by atoms with Crippen molar-refractivity contribution in [3.8, 4) is 0 Å². The molecule has 0 aromatic carbocycles. The number of nitrogens with one attached hydrogen (secondary N) is 1. The summed E-state index contributed by atoms with van der Waals surface area (Å²) in [5, 5.41) is 11.1. The number of rotatable bonds is 6. The highest BCUT2D eigenvalue weighted by atomic mass is 16.5. The molecule has 0 spiro atoms. The van der Waals surface area contributed by atoms with Gasteiger partial charge in [0.1, 0.15) is 6.10 Å². The van der Waals surface area contributed by atoms with Gasteiger partial charge in [0.15, 0.2) is 0 Å². The minimum Gasteiger partial charge on any atom is -0.465 e. The molecule has 0 aromatic rings. The third-order valence-electron chi connectivity index (χ3n) is 2.61. The molecule has 1 rings (SSSR count). The molecule has 3 atom stereocenters. The highest BCUT2D eigenvalue weighted by molar-refractivity contribution is 5.84. The Hall–Kier alpha value is -1.78. The summed E-state index contributed by atoms with van der Waals surface area (Å²) in [6, 6.07) is -0.412. The van der Waals surface area contributed by atoms with Crippen molar-refractivity contribution >= 4 is 12.1 Å². The average molecular weight is 239 g/mol. The summed E-state index contributed by atoms with van der Waals surface area (Å²) in [6.07, 6.45) is 4.47. The van der Waals surface area contributed by atoms with Gasteiger partial charge in [-0.15, -0.1) is 6.58 Å². The maximum atomic E-state index is 11.0. The van der Waals surface area contributed by atoms with Gasteiger partial charge in [0.2, 0.25) is 0 Å². The number of esters is 1. The average Bonchev–Trinajstić information content (AvgIpc) is 2.63. The number of hydrogen-bond acceptors (Lipinski definition) is 3. The molecule has 0 aliphatic carbocycles. The van der Waals surface area contributed by atoms with Crippen molar-refractivity contribution in [3.63, 3.8) is 0 Å². The predicted octanol–water partition coefficient (Wildman–Crippen LogP) is 1.71. The molecule has 0 bridgehead atoms. The minimum absolute atomic E-state index is 0.275. The fourth-order valence-corrected chi connectivity index (χ4v) is 1.85. The van der Waals surface area contributed by atoms with Crippen LogP contribution in [0.3, 0.4) is 0 Å². The van der Waals surface area contributed by atoms with E-state index < -0.39 is 24.2 Å². The van der Waals surface area contributed by atoms with Crippen molar-refractivity contribution in [2.75, 3.05) is 0 Å². The molecular weight excluding hydrogens is 222 g/mol. The Bertz CT molecular complexity index is 337. The Labute approximate surface area is 100 Å². The van der Waals surface area contributed by atoms with Crippen molar-refractivity contribution in [1.82, 2.24) is 5.32 Å². The molecule has 1 amide bonds. The van der Waals surface area contributed by atoms with Crippen molar-refractivity contribution in [2.24, 2.45) is 5.92 Å². The van der Waals surface area contributed by atoms with E-state index in [0.29, 0.717) is 6.42 Å². The first-order valence-corrected chi connectivity index (χ1v) is 5.52. The standard InChI is InChI=1S/C12H17NO4/c1-3-4-8(2)7-9(13-12(15)16)10-5-6-11(14)17-10/h3,5-6,8-10,13H,1,4,7H2,2H3,(H,15,16)/t8?,9-,10?/m1/s1. The quantitative estimate of drug-likeness (QED) is 0.546. The molecule has 5 heteroatoms. The van der Waals surface area contributed by atoms with E-state index in [9.17, 15) is 9.59 Å². The van der Waals surface area contributed by atoms with Gasteiger partial charge in [-0.2, -0.15) is 0 Å². The molecule has 2 N–H and O–H groups in total. The van der Waals surface area contributed by atoms with E-state index in [1.807, 2.05) is 6.92 Å². The lowest BCUT2D eigenvalue weighted by Crippen LogP contribution is -2.43. The fraction of sp³-hybridized carbons (Fsp3) is 0.500. The van der Waals surface area contributed by atoms with Crippen LogP contribution >= 0.6 is 0 Å². The summed E-state index contributed by atoms with van der Waals surface area (Å²) in [4.78, 5) is 21.6. The van der Waals surface area contributed by atoms with Crippen molar-refractivity contribution in [3.05, 3.63) is 24.8 Å². The summed E-state index contributed by atoms with van der Waals surface area (Å²) in [6.45, 7) is 5.64. The van der Waals surface area contributed by atoms with Crippen LogP contribution in [-0.4, -0.2) is 29.3 Å². The van der Waals surface area contributed by atoms with Gasteiger partial charge < -0.3 is 15.2 Å². The van der Waals surface area contributed by atoms with Crippen LogP contribution in [-0.2, 0) is 9.53 Å². The van der Waals surface area contributed by atoms with Gasteiger partial charge in [-0.3, -0.25) is 0 Å². The zero-order valence-corrected chi connectivity index (χ0v) is 9.76. The Balaban J connectivity index is 2.60. The summed E-state index contributed by atoms with van der Waals surface area (Å²) >= 11 is 0. The van der Waals surface area contributed by atoms with Crippen LogP contribution in [0.2, 0.25) is 0 Å². The van der Waals surface area contributed by atoms with Crippen LogP contribution in [0.5, 0.6) is 0 Å². The zero-order chi connectivity index (χ0) is 12.8. The smallest absolute Gasteiger partial charge is 0.405 e. The monoisotopic (exact) mass is 239 g/mol. The van der Waals surface area contributed by atoms with E-state index in [-0.39, 0.29) is 5.92 Å². The van der Waals surface area contributed by atoms with Crippen molar-refractivity contribution < 1.29 is 19.4 Å². The lowest BCUT2D eigenvalue weighted by Gasteiger charge is -2.24. The van der Waals surface area contributed by atoms with Crippen LogP contribution in [0.1, 0.15) is 19.8 Å². The summed E-state index contributed by atoms with van der Waals surface area (Å²) in [7, 11) is 0. The van der Waals surface area contributed by atoms with E-state index in [1.54, 1.807) is 12.2 Å². The highest BCUT2D eigenvalue weighted by Crippen LogP contribution is 2.18. The third-order valence-corrected chi connectivity index (χ3v) is 2.61. The molecule has 0 saturated heterocycles. The molecule has 1 aliphatic heterocycles. The molecule has 0 radical (unpaired) electrons. The first kappa shape index (κ1) is 13.3. The van der Waals surface area contributed by atoms with Crippen molar-refractivity contribution in [1.29, 1.82) is 0 Å². The number of allylic oxidation sites excluding steroid dienone is 1. The Morgan fingerprint density at radius 1 is 1.76 bits per heavy atom. The molecule has 17 heavy (non-hydrogen) atoms. The van der Waals surface area contributed by atoms with Crippen LogP contribution in [0, 0.1) is 5.92 Å². The normalized spacial score (nSPS) is 21.7. The van der Waals surface area contributed by atoms with Crippen LogP contribution < -0.4 is 5.32 Å². The maximum absolute atomic E-state index is 11.0. The fourth-order valence-electron chi connectivity index (χ4n) is 1.85. The van der Waals surface area contributed by atoms with Crippen molar-refractivity contribution in [2.45, 2.75) is 31.9 Å². The van der Waals surface area contributed by atoms with Gasteiger partial charge in [-0.1, -0.05) is 13.0 Å². The first-order chi connectivity index (χ1) is 8.02. The number of cyclic esters (lactones) is 1. The number of amides is 1. The lowest BCUT2D eigenvalue weighted by atomic mass is 9.95. The number of ether oxygens (including phenoxy) is 1. The molecule has 5 nitrogen and oxygen atoms in total. The van der Waals surface area contributed by atoms with Gasteiger partial charge in [-0.05, 0) is 24.8 Å². The summed E-state index contributed by atoms with van der Waals surface area (Å²) in [5.41, 5.74) is 0. The molecule has 94 valence electrons. The molecule has 0 aromatic heterocycles. The lowest BCUT2D eigenvalue weighted by molar-refractivity contribution is -0.139. The number of carbonyl (C=O) groups is 2. The Morgan fingerprint density at radius 2 is 2.47 bits per heavy atom. The van der Waals surface area contributed by atoms with E-state index in [0.717, 1.165) is 6.42 Å². The highest BCUT2D eigenvalue weighted by Gasteiger charge is 2.28. The molecule has 1 heterocycles. The summed E-state index contributed by atoms with van der Waals surface area (Å²) < 4.78 is 5.00. The second-order valence-corrected chi connectivity index (χ2v) is 4.18. The Morgan fingerprint density at radius 3 is 2.94 bits per heavy atom. The second kappa shape index (κ2) is 6.08. The summed E-state index contributed by atoms with van der Waals surface area (Å²) in [5.74, 6) is -0.152. The minimum atomic E-state index is -1.11. The number of carboxylic acid groups (broad SMARTS) is 1. The van der Waals surface area contributed by atoms with E-state index >= 15 is 0 Å².